The average molecular weight is 306 g/mol. The number of carbonyl (C=O) groups is 2. The molecule has 116 valence electrons. The Bertz CT molecular complexity index is 525. The van der Waals surface area contributed by atoms with Crippen LogP contribution in [0.3, 0.4) is 0 Å². The number of ether oxygens (including phenoxy) is 2. The maximum Gasteiger partial charge on any atom is 0.419 e. The van der Waals surface area contributed by atoms with Gasteiger partial charge in [-0.25, -0.2) is 4.79 Å². The highest BCUT2D eigenvalue weighted by Gasteiger charge is 2.35. The van der Waals surface area contributed by atoms with Gasteiger partial charge in [0.2, 0.25) is 0 Å². The van der Waals surface area contributed by atoms with Crippen molar-refractivity contribution in [2.75, 3.05) is 13.7 Å². The van der Waals surface area contributed by atoms with Crippen LogP contribution >= 0.6 is 0 Å². The van der Waals surface area contributed by atoms with Gasteiger partial charge in [-0.2, -0.15) is 13.2 Å². The van der Waals surface area contributed by atoms with Gasteiger partial charge < -0.3 is 14.6 Å². The zero-order valence-electron chi connectivity index (χ0n) is 11.1. The lowest BCUT2D eigenvalue weighted by molar-refractivity contribution is -0.141. The number of carbonyl (C=O) groups excluding carboxylic acids is 1. The summed E-state index contributed by atoms with van der Waals surface area (Å²) in [6, 6.07) is 2.48. The molecule has 21 heavy (non-hydrogen) atoms. The molecule has 1 aromatic carbocycles. The second kappa shape index (κ2) is 6.96. The van der Waals surface area contributed by atoms with Crippen molar-refractivity contribution in [2.45, 2.75) is 19.0 Å². The fraction of sp³-hybridized carbons (Fsp3) is 0.385. The molecular formula is C13H13F3O5. The first-order valence-electron chi connectivity index (χ1n) is 5.90. The summed E-state index contributed by atoms with van der Waals surface area (Å²) in [4.78, 5) is 21.5. The number of aromatic carboxylic acids is 1. The van der Waals surface area contributed by atoms with Gasteiger partial charge >= 0.3 is 18.1 Å². The second-order valence-corrected chi connectivity index (χ2v) is 4.04. The quantitative estimate of drug-likeness (QED) is 0.646. The molecule has 0 saturated heterocycles. The monoisotopic (exact) mass is 306 g/mol. The molecule has 0 heterocycles. The molecular weight excluding hydrogens is 293 g/mol. The van der Waals surface area contributed by atoms with E-state index in [1.165, 1.54) is 7.11 Å². The Morgan fingerprint density at radius 2 is 1.95 bits per heavy atom. The SMILES string of the molecule is COC(=O)CCCOc1ccc(C(=O)O)cc1C(F)(F)F. The number of carboxylic acid groups (broad SMARTS) is 1. The van der Waals surface area contributed by atoms with E-state index in [0.717, 1.165) is 12.1 Å². The van der Waals surface area contributed by atoms with Crippen molar-refractivity contribution in [2.24, 2.45) is 0 Å². The van der Waals surface area contributed by atoms with E-state index in [9.17, 15) is 22.8 Å². The minimum atomic E-state index is -4.73. The van der Waals surface area contributed by atoms with E-state index in [0.29, 0.717) is 6.07 Å². The van der Waals surface area contributed by atoms with Crippen LogP contribution in [0.1, 0.15) is 28.8 Å². The van der Waals surface area contributed by atoms with Crippen molar-refractivity contribution in [3.8, 4) is 5.75 Å². The molecule has 0 fully saturated rings. The summed E-state index contributed by atoms with van der Waals surface area (Å²) in [5.41, 5.74) is -1.65. The smallest absolute Gasteiger partial charge is 0.419 e. The first kappa shape index (κ1) is 16.8. The topological polar surface area (TPSA) is 72.8 Å². The highest BCUT2D eigenvalue weighted by Crippen LogP contribution is 2.36. The van der Waals surface area contributed by atoms with Crippen LogP contribution in [0, 0.1) is 0 Å². The Morgan fingerprint density at radius 3 is 2.48 bits per heavy atom. The van der Waals surface area contributed by atoms with Gasteiger partial charge in [-0.3, -0.25) is 4.79 Å². The van der Waals surface area contributed by atoms with E-state index in [4.69, 9.17) is 9.84 Å². The largest absolute Gasteiger partial charge is 0.493 e. The fourth-order valence-corrected chi connectivity index (χ4v) is 1.51. The van der Waals surface area contributed by atoms with Crippen LogP contribution in [0.4, 0.5) is 13.2 Å². The van der Waals surface area contributed by atoms with E-state index >= 15 is 0 Å². The Labute approximate surface area is 118 Å². The van der Waals surface area contributed by atoms with Gasteiger partial charge in [-0.15, -0.1) is 0 Å². The van der Waals surface area contributed by atoms with Crippen molar-refractivity contribution in [1.29, 1.82) is 0 Å². The van der Waals surface area contributed by atoms with Crippen LogP contribution in [0.2, 0.25) is 0 Å². The molecule has 5 nitrogen and oxygen atoms in total. The maximum atomic E-state index is 12.8. The molecule has 0 spiro atoms. The molecule has 1 aromatic rings. The van der Waals surface area contributed by atoms with Crippen LogP contribution in [-0.4, -0.2) is 30.8 Å². The molecule has 0 unspecified atom stereocenters. The maximum absolute atomic E-state index is 12.8. The van der Waals surface area contributed by atoms with Gasteiger partial charge in [0, 0.05) is 6.42 Å². The van der Waals surface area contributed by atoms with Gasteiger partial charge in [-0.1, -0.05) is 0 Å². The van der Waals surface area contributed by atoms with Gasteiger partial charge in [-0.05, 0) is 24.6 Å². The summed E-state index contributed by atoms with van der Waals surface area (Å²) < 4.78 is 47.9. The molecule has 0 aromatic heterocycles. The highest BCUT2D eigenvalue weighted by atomic mass is 19.4. The first-order chi connectivity index (χ1) is 9.75. The van der Waals surface area contributed by atoms with Crippen LogP contribution < -0.4 is 4.74 Å². The Kier molecular flexibility index (Phi) is 5.57. The molecule has 0 amide bonds. The molecule has 0 saturated carbocycles. The molecule has 1 N–H and O–H groups in total. The number of carboxylic acids is 1. The van der Waals surface area contributed by atoms with Gasteiger partial charge in [0.15, 0.2) is 0 Å². The Balaban J connectivity index is 2.82. The summed E-state index contributed by atoms with van der Waals surface area (Å²) in [5, 5.41) is 8.71. The van der Waals surface area contributed by atoms with E-state index in [1.54, 1.807) is 0 Å². The van der Waals surface area contributed by atoms with Crippen molar-refractivity contribution in [3.63, 3.8) is 0 Å². The average Bonchev–Trinajstić information content (AvgIpc) is 2.42. The summed E-state index contributed by atoms with van der Waals surface area (Å²) in [7, 11) is 1.20. The van der Waals surface area contributed by atoms with Crippen LogP contribution in [-0.2, 0) is 15.7 Å². The van der Waals surface area contributed by atoms with Gasteiger partial charge in [0.1, 0.15) is 5.75 Å². The zero-order chi connectivity index (χ0) is 16.0. The minimum Gasteiger partial charge on any atom is -0.493 e. The molecule has 0 aliphatic carbocycles. The summed E-state index contributed by atoms with van der Waals surface area (Å²) >= 11 is 0. The van der Waals surface area contributed by atoms with Gasteiger partial charge in [0.25, 0.3) is 0 Å². The predicted octanol–water partition coefficient (Wildman–Crippen LogP) is 2.74. The normalized spacial score (nSPS) is 11.0. The standard InChI is InChI=1S/C13H13F3O5/c1-20-11(17)3-2-6-21-10-5-4-8(12(18)19)7-9(10)13(14,15)16/h4-5,7H,2-3,6H2,1H3,(H,18,19). The van der Waals surface area contributed by atoms with E-state index in [-0.39, 0.29) is 19.4 Å². The number of benzene rings is 1. The highest BCUT2D eigenvalue weighted by molar-refractivity contribution is 5.88. The Morgan fingerprint density at radius 1 is 1.29 bits per heavy atom. The van der Waals surface area contributed by atoms with Crippen LogP contribution in [0.15, 0.2) is 18.2 Å². The minimum absolute atomic E-state index is 0.0189. The van der Waals surface area contributed by atoms with Crippen LogP contribution in [0.25, 0.3) is 0 Å². The lowest BCUT2D eigenvalue weighted by Gasteiger charge is -2.14. The van der Waals surface area contributed by atoms with E-state index < -0.39 is 35.0 Å². The molecule has 0 aliphatic heterocycles. The molecule has 1 rings (SSSR count). The molecule has 0 radical (unpaired) electrons. The third-order valence-corrected chi connectivity index (χ3v) is 2.54. The molecule has 0 atom stereocenters. The Hall–Kier alpha value is -2.25. The zero-order valence-corrected chi connectivity index (χ0v) is 11.1. The lowest BCUT2D eigenvalue weighted by Crippen LogP contribution is -2.12. The number of methoxy groups -OCH3 is 1. The number of halogens is 3. The second-order valence-electron chi connectivity index (χ2n) is 4.04. The lowest BCUT2D eigenvalue weighted by atomic mass is 10.1. The fourth-order valence-electron chi connectivity index (χ4n) is 1.51. The number of alkyl halides is 3. The third-order valence-electron chi connectivity index (χ3n) is 2.54. The molecule has 0 bridgehead atoms. The van der Waals surface area contributed by atoms with E-state index in [1.807, 2.05) is 0 Å². The molecule has 8 heteroatoms. The summed E-state index contributed by atoms with van der Waals surface area (Å²) in [5.74, 6) is -2.43. The number of hydrogen-bond donors (Lipinski definition) is 1. The molecule has 0 aliphatic rings. The predicted molar refractivity (Wildman–Crippen MR) is 65.1 cm³/mol. The number of rotatable bonds is 6. The van der Waals surface area contributed by atoms with Crippen molar-refractivity contribution in [3.05, 3.63) is 29.3 Å². The number of hydrogen-bond acceptors (Lipinski definition) is 4. The van der Waals surface area contributed by atoms with Crippen molar-refractivity contribution >= 4 is 11.9 Å². The van der Waals surface area contributed by atoms with E-state index in [2.05, 4.69) is 4.74 Å². The van der Waals surface area contributed by atoms with Crippen molar-refractivity contribution in [1.82, 2.24) is 0 Å². The van der Waals surface area contributed by atoms with Crippen molar-refractivity contribution < 1.29 is 37.3 Å². The first-order valence-corrected chi connectivity index (χ1v) is 5.90. The number of esters is 1. The van der Waals surface area contributed by atoms with Crippen LogP contribution in [0.5, 0.6) is 5.75 Å². The third kappa shape index (κ3) is 4.97. The summed E-state index contributed by atoms with van der Waals surface area (Å²) in [6.07, 6.45) is -4.53. The van der Waals surface area contributed by atoms with Gasteiger partial charge in [0.05, 0.1) is 24.8 Å². The summed E-state index contributed by atoms with van der Waals surface area (Å²) in [6.45, 7) is -0.120.